The number of ether oxygens (including phenoxy) is 2. The van der Waals surface area contributed by atoms with Crippen LogP contribution in [0.4, 0.5) is 31.1 Å². The van der Waals surface area contributed by atoms with Crippen LogP contribution in [0.3, 0.4) is 0 Å². The fourth-order valence-corrected chi connectivity index (χ4v) is 3.91. The van der Waals surface area contributed by atoms with Gasteiger partial charge < -0.3 is 14.4 Å². The molecule has 35 heavy (non-hydrogen) atoms. The van der Waals surface area contributed by atoms with Crippen molar-refractivity contribution in [3.05, 3.63) is 70.8 Å². The lowest BCUT2D eigenvalue weighted by molar-refractivity contribution is -0.143. The van der Waals surface area contributed by atoms with E-state index in [1.807, 2.05) is 30.3 Å². The highest BCUT2D eigenvalue weighted by atomic mass is 19.4. The monoisotopic (exact) mass is 504 g/mol. The summed E-state index contributed by atoms with van der Waals surface area (Å²) in [7, 11) is 0. The summed E-state index contributed by atoms with van der Waals surface area (Å²) in [4.78, 5) is 15.6. The summed E-state index contributed by atoms with van der Waals surface area (Å²) in [6.07, 6.45) is -10.2. The fraction of sp³-hybridized carbons (Fsp3) is 0.458. The number of hydrogen-bond acceptors (Lipinski definition) is 4. The molecule has 2 aromatic carbocycles. The molecule has 1 saturated heterocycles. The van der Waals surface area contributed by atoms with E-state index in [1.54, 1.807) is 11.8 Å². The van der Waals surface area contributed by atoms with Gasteiger partial charge >= 0.3 is 18.4 Å². The first-order valence-corrected chi connectivity index (χ1v) is 11.1. The fourth-order valence-electron chi connectivity index (χ4n) is 3.91. The molecule has 0 spiro atoms. The second-order valence-electron chi connectivity index (χ2n) is 8.08. The Kier molecular flexibility index (Phi) is 8.65. The van der Waals surface area contributed by atoms with Gasteiger partial charge in [0.15, 0.2) is 0 Å². The predicted molar refractivity (Wildman–Crippen MR) is 115 cm³/mol. The predicted octanol–water partition coefficient (Wildman–Crippen LogP) is 5.76. The van der Waals surface area contributed by atoms with Crippen LogP contribution in [0, 0.1) is 0 Å². The molecule has 1 unspecified atom stereocenters. The van der Waals surface area contributed by atoms with E-state index in [0.29, 0.717) is 38.3 Å². The zero-order chi connectivity index (χ0) is 25.6. The van der Waals surface area contributed by atoms with E-state index in [1.165, 1.54) is 0 Å². The van der Waals surface area contributed by atoms with E-state index in [0.717, 1.165) is 5.56 Å². The molecule has 1 aliphatic heterocycles. The van der Waals surface area contributed by atoms with Crippen LogP contribution in [-0.4, -0.2) is 55.3 Å². The Balaban J connectivity index is 1.72. The van der Waals surface area contributed by atoms with Crippen LogP contribution in [0.25, 0.3) is 0 Å². The molecule has 192 valence electrons. The van der Waals surface area contributed by atoms with E-state index >= 15 is 0 Å². The van der Waals surface area contributed by atoms with Gasteiger partial charge in [-0.15, -0.1) is 0 Å². The number of rotatable bonds is 7. The largest absolute Gasteiger partial charge is 0.450 e. The lowest BCUT2D eigenvalue weighted by Gasteiger charge is -2.39. The Morgan fingerprint density at radius 1 is 0.914 bits per heavy atom. The summed E-state index contributed by atoms with van der Waals surface area (Å²) in [6, 6.07) is 10.4. The zero-order valence-corrected chi connectivity index (χ0v) is 19.0. The molecule has 2 aromatic rings. The minimum Gasteiger partial charge on any atom is -0.450 e. The molecular formula is C24H26F6N2O3. The molecule has 11 heteroatoms. The number of benzene rings is 2. The summed E-state index contributed by atoms with van der Waals surface area (Å²) in [5.74, 6) is 0. The smallest absolute Gasteiger partial charge is 0.416 e. The Morgan fingerprint density at radius 2 is 1.49 bits per heavy atom. The van der Waals surface area contributed by atoms with Crippen LogP contribution in [0.1, 0.15) is 35.2 Å². The molecule has 0 radical (unpaired) electrons. The average molecular weight is 504 g/mol. The molecule has 1 atom stereocenters. The molecule has 1 heterocycles. The van der Waals surface area contributed by atoms with Crippen LogP contribution in [0.2, 0.25) is 0 Å². The van der Waals surface area contributed by atoms with Crippen molar-refractivity contribution in [3.8, 4) is 0 Å². The van der Waals surface area contributed by atoms with Crippen molar-refractivity contribution in [2.24, 2.45) is 0 Å². The first kappa shape index (κ1) is 26.8. The van der Waals surface area contributed by atoms with Crippen molar-refractivity contribution in [3.63, 3.8) is 0 Å². The Labute approximate surface area is 199 Å². The molecule has 1 aliphatic rings. The minimum atomic E-state index is -4.92. The van der Waals surface area contributed by atoms with E-state index < -0.39 is 36.2 Å². The molecule has 0 bridgehead atoms. The van der Waals surface area contributed by atoms with Gasteiger partial charge in [0.1, 0.15) is 0 Å². The molecule has 0 aliphatic carbocycles. The Morgan fingerprint density at radius 3 is 2.00 bits per heavy atom. The summed E-state index contributed by atoms with van der Waals surface area (Å²) < 4.78 is 89.5. The topological polar surface area (TPSA) is 42.0 Å². The van der Waals surface area contributed by atoms with Crippen molar-refractivity contribution in [1.82, 2.24) is 9.80 Å². The summed E-state index contributed by atoms with van der Waals surface area (Å²) in [6.45, 7) is 3.47. The van der Waals surface area contributed by atoms with Crippen molar-refractivity contribution in [2.75, 3.05) is 39.4 Å². The number of amides is 1. The number of carbonyl (C=O) groups is 1. The van der Waals surface area contributed by atoms with Gasteiger partial charge in [-0.3, -0.25) is 4.90 Å². The second-order valence-corrected chi connectivity index (χ2v) is 8.08. The number of piperazine rings is 1. The van der Waals surface area contributed by atoms with E-state index in [9.17, 15) is 31.1 Å². The quantitative estimate of drug-likeness (QED) is 0.450. The number of alkyl halides is 6. The maximum absolute atomic E-state index is 13.1. The van der Waals surface area contributed by atoms with Gasteiger partial charge in [0.2, 0.25) is 0 Å². The van der Waals surface area contributed by atoms with Crippen molar-refractivity contribution >= 4 is 6.09 Å². The third-order valence-corrected chi connectivity index (χ3v) is 5.66. The zero-order valence-electron chi connectivity index (χ0n) is 19.0. The van der Waals surface area contributed by atoms with Crippen LogP contribution < -0.4 is 0 Å². The number of halogens is 6. The number of carbonyl (C=O) groups excluding carboxylic acids is 1. The molecule has 3 rings (SSSR count). The maximum atomic E-state index is 13.1. The number of hydrogen-bond donors (Lipinski definition) is 0. The van der Waals surface area contributed by atoms with Crippen LogP contribution >= 0.6 is 0 Å². The summed E-state index contributed by atoms with van der Waals surface area (Å²) in [5, 5.41) is 0. The number of nitrogens with zero attached hydrogens (tertiary/aromatic N) is 2. The molecule has 0 aromatic heterocycles. The van der Waals surface area contributed by atoms with E-state index in [4.69, 9.17) is 9.47 Å². The molecule has 0 saturated carbocycles. The first-order valence-electron chi connectivity index (χ1n) is 11.1. The highest BCUT2D eigenvalue weighted by Crippen LogP contribution is 2.36. The standard InChI is InChI=1S/C24H26F6N2O3/c1-2-35-22(33)32-10-8-31(9-11-32)21(18-6-4-3-5-7-18)16-34-15-17-12-19(23(25,26)27)14-20(13-17)24(28,29)30/h3-7,12-14,21H,2,8-11,15-16H2,1H3. The minimum absolute atomic E-state index is 0.0427. The molecular weight excluding hydrogens is 478 g/mol. The van der Waals surface area contributed by atoms with Gasteiger partial charge in [-0.05, 0) is 36.2 Å². The normalized spacial score (nSPS) is 16.3. The second kappa shape index (κ2) is 11.3. The van der Waals surface area contributed by atoms with Gasteiger partial charge in [0.05, 0.1) is 37.0 Å². The van der Waals surface area contributed by atoms with Crippen LogP contribution in [-0.2, 0) is 28.4 Å². The summed E-state index contributed by atoms with van der Waals surface area (Å²) in [5.41, 5.74) is -2.08. The lowest BCUT2D eigenvalue weighted by atomic mass is 10.0. The lowest BCUT2D eigenvalue weighted by Crippen LogP contribution is -2.50. The maximum Gasteiger partial charge on any atom is 0.416 e. The third-order valence-electron chi connectivity index (χ3n) is 5.66. The third kappa shape index (κ3) is 7.35. The molecule has 1 amide bonds. The van der Waals surface area contributed by atoms with Gasteiger partial charge in [-0.25, -0.2) is 4.79 Å². The highest BCUT2D eigenvalue weighted by Gasteiger charge is 2.37. The Hall–Kier alpha value is -2.79. The molecule has 1 fully saturated rings. The van der Waals surface area contributed by atoms with E-state index in [-0.39, 0.29) is 30.9 Å². The SMILES string of the molecule is CCOC(=O)N1CCN(C(COCc2cc(C(F)(F)F)cc(C(F)(F)F)c2)c2ccccc2)CC1. The average Bonchev–Trinajstić information content (AvgIpc) is 2.81. The van der Waals surface area contributed by atoms with Gasteiger partial charge in [0.25, 0.3) is 0 Å². The highest BCUT2D eigenvalue weighted by molar-refractivity contribution is 5.67. The van der Waals surface area contributed by atoms with Gasteiger partial charge in [-0.1, -0.05) is 30.3 Å². The molecule has 0 N–H and O–H groups in total. The van der Waals surface area contributed by atoms with Crippen molar-refractivity contribution in [1.29, 1.82) is 0 Å². The van der Waals surface area contributed by atoms with Crippen molar-refractivity contribution < 1.29 is 40.6 Å². The van der Waals surface area contributed by atoms with Crippen molar-refractivity contribution in [2.45, 2.75) is 31.9 Å². The Bertz CT molecular complexity index is 941. The van der Waals surface area contributed by atoms with Crippen LogP contribution in [0.5, 0.6) is 0 Å². The molecule has 5 nitrogen and oxygen atoms in total. The van der Waals surface area contributed by atoms with Gasteiger partial charge in [0, 0.05) is 26.2 Å². The van der Waals surface area contributed by atoms with Gasteiger partial charge in [-0.2, -0.15) is 26.3 Å². The van der Waals surface area contributed by atoms with E-state index in [2.05, 4.69) is 4.90 Å². The summed E-state index contributed by atoms with van der Waals surface area (Å²) >= 11 is 0. The first-order chi connectivity index (χ1) is 16.5. The van der Waals surface area contributed by atoms with Crippen LogP contribution in [0.15, 0.2) is 48.5 Å².